The van der Waals surface area contributed by atoms with Gasteiger partial charge in [0.2, 0.25) is 0 Å². The molecule has 0 spiro atoms. The van der Waals surface area contributed by atoms with E-state index in [1.807, 2.05) is 6.07 Å². The molecule has 6 nitrogen and oxygen atoms in total. The summed E-state index contributed by atoms with van der Waals surface area (Å²) in [7, 11) is 1.63. The lowest BCUT2D eigenvalue weighted by Crippen LogP contribution is -2.16. The topological polar surface area (TPSA) is 83.6 Å². The van der Waals surface area contributed by atoms with Crippen LogP contribution in [0.15, 0.2) is 24.4 Å². The number of rotatable bonds is 2. The Bertz CT molecular complexity index is 643. The van der Waals surface area contributed by atoms with Crippen LogP contribution in [0, 0.1) is 11.3 Å². The fourth-order valence-corrected chi connectivity index (χ4v) is 1.54. The van der Waals surface area contributed by atoms with Gasteiger partial charge in [-0.25, -0.2) is 4.98 Å². The molecule has 7 heteroatoms. The van der Waals surface area contributed by atoms with Crippen molar-refractivity contribution in [2.75, 3.05) is 5.32 Å². The summed E-state index contributed by atoms with van der Waals surface area (Å²) in [6.45, 7) is 0. The van der Waals surface area contributed by atoms with Crippen LogP contribution in [-0.4, -0.2) is 20.7 Å². The van der Waals surface area contributed by atoms with Crippen LogP contribution in [0.3, 0.4) is 0 Å². The van der Waals surface area contributed by atoms with E-state index < -0.39 is 5.91 Å². The number of pyridine rings is 1. The average Bonchev–Trinajstić information content (AvgIpc) is 2.70. The number of carbonyl (C=O) groups excluding carboxylic acids is 1. The summed E-state index contributed by atoms with van der Waals surface area (Å²) in [6.07, 6.45) is 1.38. The minimum Gasteiger partial charge on any atom is -0.304 e. The van der Waals surface area contributed by atoms with Crippen LogP contribution >= 0.6 is 11.6 Å². The van der Waals surface area contributed by atoms with Gasteiger partial charge in [0, 0.05) is 7.05 Å². The lowest BCUT2D eigenvalue weighted by Gasteiger charge is -2.05. The number of hydrogen-bond acceptors (Lipinski definition) is 4. The molecule has 0 aliphatic heterocycles. The molecule has 0 unspecified atom stereocenters. The third kappa shape index (κ3) is 2.31. The standard InChI is InChI=1S/C11H8ClN5O/c1-17-10(7(5-13)6-14-17)16-11(18)8-3-2-4-9(12)15-8/h2-4,6H,1H3,(H,16,18). The first-order valence-electron chi connectivity index (χ1n) is 4.98. The summed E-state index contributed by atoms with van der Waals surface area (Å²) in [4.78, 5) is 15.8. The minimum absolute atomic E-state index is 0.174. The minimum atomic E-state index is -0.447. The third-order valence-electron chi connectivity index (χ3n) is 2.24. The molecule has 1 amide bonds. The molecule has 0 bridgehead atoms. The van der Waals surface area contributed by atoms with Crippen molar-refractivity contribution in [1.82, 2.24) is 14.8 Å². The number of nitrogens with one attached hydrogen (secondary N) is 1. The van der Waals surface area contributed by atoms with E-state index >= 15 is 0 Å². The predicted molar refractivity (Wildman–Crippen MR) is 65.1 cm³/mol. The Morgan fingerprint density at radius 3 is 3.00 bits per heavy atom. The molecule has 0 aliphatic rings. The first-order chi connectivity index (χ1) is 8.61. The van der Waals surface area contributed by atoms with Gasteiger partial charge in [-0.2, -0.15) is 10.4 Å². The van der Waals surface area contributed by atoms with Crippen molar-refractivity contribution in [2.45, 2.75) is 0 Å². The predicted octanol–water partition coefficient (Wildman–Crippen LogP) is 1.59. The van der Waals surface area contributed by atoms with Crippen LogP contribution in [0.4, 0.5) is 5.82 Å². The maximum atomic E-state index is 11.9. The fraction of sp³-hybridized carbons (Fsp3) is 0.0909. The monoisotopic (exact) mass is 261 g/mol. The van der Waals surface area contributed by atoms with Crippen LogP contribution in [0.1, 0.15) is 16.1 Å². The molecule has 0 aliphatic carbocycles. The quantitative estimate of drug-likeness (QED) is 0.832. The molecular weight excluding hydrogens is 254 g/mol. The van der Waals surface area contributed by atoms with E-state index in [1.54, 1.807) is 19.2 Å². The highest BCUT2D eigenvalue weighted by Gasteiger charge is 2.14. The summed E-state index contributed by atoms with van der Waals surface area (Å²) < 4.78 is 1.40. The second-order valence-corrected chi connectivity index (χ2v) is 3.83. The third-order valence-corrected chi connectivity index (χ3v) is 2.45. The number of aromatic nitrogens is 3. The summed E-state index contributed by atoms with van der Waals surface area (Å²) in [5.41, 5.74) is 0.459. The lowest BCUT2D eigenvalue weighted by atomic mass is 10.3. The van der Waals surface area contributed by atoms with Gasteiger partial charge in [-0.05, 0) is 12.1 Å². The Labute approximate surface area is 108 Å². The highest BCUT2D eigenvalue weighted by molar-refractivity contribution is 6.29. The summed E-state index contributed by atoms with van der Waals surface area (Å²) in [6, 6.07) is 6.67. The highest BCUT2D eigenvalue weighted by atomic mass is 35.5. The van der Waals surface area contributed by atoms with Gasteiger partial charge in [0.05, 0.1) is 6.20 Å². The molecule has 0 saturated carbocycles. The first-order valence-corrected chi connectivity index (χ1v) is 5.35. The number of carbonyl (C=O) groups is 1. The second-order valence-electron chi connectivity index (χ2n) is 3.44. The molecular formula is C11H8ClN5O. The van der Waals surface area contributed by atoms with E-state index in [9.17, 15) is 4.79 Å². The Morgan fingerprint density at radius 1 is 1.56 bits per heavy atom. The number of nitrogens with zero attached hydrogens (tertiary/aromatic N) is 4. The van der Waals surface area contributed by atoms with Crippen molar-refractivity contribution < 1.29 is 4.79 Å². The van der Waals surface area contributed by atoms with Crippen molar-refractivity contribution in [3.8, 4) is 6.07 Å². The van der Waals surface area contributed by atoms with Gasteiger partial charge >= 0.3 is 0 Å². The van der Waals surface area contributed by atoms with Crippen LogP contribution in [0.25, 0.3) is 0 Å². The number of aryl methyl sites for hydroxylation is 1. The normalized spacial score (nSPS) is 9.83. The van der Waals surface area contributed by atoms with Gasteiger partial charge in [-0.15, -0.1) is 0 Å². The van der Waals surface area contributed by atoms with E-state index in [2.05, 4.69) is 15.4 Å². The van der Waals surface area contributed by atoms with Crippen molar-refractivity contribution >= 4 is 23.3 Å². The Hall–Kier alpha value is -2.39. The summed E-state index contributed by atoms with van der Waals surface area (Å²) in [5, 5.41) is 15.6. The van der Waals surface area contributed by atoms with Crippen LogP contribution in [-0.2, 0) is 7.05 Å². The fourth-order valence-electron chi connectivity index (χ4n) is 1.37. The average molecular weight is 262 g/mol. The molecule has 2 rings (SSSR count). The van der Waals surface area contributed by atoms with Crippen molar-refractivity contribution in [3.05, 3.63) is 40.8 Å². The molecule has 2 heterocycles. The number of halogens is 1. The first kappa shape index (κ1) is 12.1. The van der Waals surface area contributed by atoms with Crippen molar-refractivity contribution in [3.63, 3.8) is 0 Å². The van der Waals surface area contributed by atoms with E-state index in [0.717, 1.165) is 0 Å². The van der Waals surface area contributed by atoms with Gasteiger partial charge in [-0.3, -0.25) is 9.48 Å². The molecule has 0 aromatic carbocycles. The number of anilines is 1. The van der Waals surface area contributed by atoms with E-state index in [4.69, 9.17) is 16.9 Å². The largest absolute Gasteiger partial charge is 0.304 e. The molecule has 2 aromatic heterocycles. The summed E-state index contributed by atoms with van der Waals surface area (Å²) in [5.74, 6) is -0.123. The van der Waals surface area contributed by atoms with E-state index in [0.29, 0.717) is 5.82 Å². The van der Waals surface area contributed by atoms with Gasteiger partial charge in [0.25, 0.3) is 5.91 Å². The molecule has 0 radical (unpaired) electrons. The van der Waals surface area contributed by atoms with E-state index in [-0.39, 0.29) is 16.4 Å². The maximum Gasteiger partial charge on any atom is 0.275 e. The van der Waals surface area contributed by atoms with Crippen molar-refractivity contribution in [1.29, 1.82) is 5.26 Å². The van der Waals surface area contributed by atoms with Crippen LogP contribution < -0.4 is 5.32 Å². The van der Waals surface area contributed by atoms with Gasteiger partial charge in [0.1, 0.15) is 28.3 Å². The molecule has 1 N–H and O–H groups in total. The van der Waals surface area contributed by atoms with E-state index in [1.165, 1.54) is 16.9 Å². The van der Waals surface area contributed by atoms with Crippen molar-refractivity contribution in [2.24, 2.45) is 7.05 Å². The Morgan fingerprint density at radius 2 is 2.33 bits per heavy atom. The highest BCUT2D eigenvalue weighted by Crippen LogP contribution is 2.14. The number of amides is 1. The zero-order chi connectivity index (χ0) is 13.1. The van der Waals surface area contributed by atoms with Crippen LogP contribution in [0.2, 0.25) is 5.15 Å². The molecule has 18 heavy (non-hydrogen) atoms. The molecule has 0 atom stereocenters. The van der Waals surface area contributed by atoms with Gasteiger partial charge in [0.15, 0.2) is 0 Å². The molecule has 2 aromatic rings. The Balaban J connectivity index is 2.27. The maximum absolute atomic E-state index is 11.9. The molecule has 90 valence electrons. The van der Waals surface area contributed by atoms with Crippen LogP contribution in [0.5, 0.6) is 0 Å². The zero-order valence-electron chi connectivity index (χ0n) is 9.38. The molecule has 0 fully saturated rings. The second kappa shape index (κ2) is 4.85. The van der Waals surface area contributed by atoms with Gasteiger partial charge in [-0.1, -0.05) is 17.7 Å². The zero-order valence-corrected chi connectivity index (χ0v) is 10.1. The van der Waals surface area contributed by atoms with Gasteiger partial charge < -0.3 is 5.32 Å². The number of hydrogen-bond donors (Lipinski definition) is 1. The SMILES string of the molecule is Cn1ncc(C#N)c1NC(=O)c1cccc(Cl)n1. The Kier molecular flexibility index (Phi) is 3.26. The lowest BCUT2D eigenvalue weighted by molar-refractivity contribution is 0.102. The summed E-state index contributed by atoms with van der Waals surface area (Å²) >= 11 is 5.70. The molecule has 0 saturated heterocycles. The number of nitriles is 1. The smallest absolute Gasteiger partial charge is 0.275 e.